The maximum atomic E-state index is 11.8. The minimum atomic E-state index is -0.837. The lowest BCUT2D eigenvalue weighted by Crippen LogP contribution is -2.18. The molecular formula is C21H24O4. The first-order valence-corrected chi connectivity index (χ1v) is 8.56. The van der Waals surface area contributed by atoms with E-state index in [0.717, 1.165) is 11.1 Å². The van der Waals surface area contributed by atoms with E-state index in [1.807, 2.05) is 18.2 Å². The van der Waals surface area contributed by atoms with Gasteiger partial charge < -0.3 is 14.6 Å². The monoisotopic (exact) mass is 340 g/mol. The maximum Gasteiger partial charge on any atom is 0.311 e. The Morgan fingerprint density at radius 2 is 1.68 bits per heavy atom. The number of fused-ring (bicyclic) bond motifs is 1. The van der Waals surface area contributed by atoms with Crippen LogP contribution in [0.4, 0.5) is 0 Å². The summed E-state index contributed by atoms with van der Waals surface area (Å²) in [6.07, 6.45) is 0.444. The van der Waals surface area contributed by atoms with Gasteiger partial charge in [0.05, 0.1) is 5.92 Å². The van der Waals surface area contributed by atoms with Crippen molar-refractivity contribution in [3.05, 3.63) is 59.2 Å². The predicted molar refractivity (Wildman–Crippen MR) is 96.7 cm³/mol. The quantitative estimate of drug-likeness (QED) is 0.908. The summed E-state index contributed by atoms with van der Waals surface area (Å²) in [6.45, 7) is 7.50. The summed E-state index contributed by atoms with van der Waals surface area (Å²) in [6, 6.07) is 13.6. The third-order valence-corrected chi connectivity index (χ3v) is 4.53. The van der Waals surface area contributed by atoms with Gasteiger partial charge in [0.2, 0.25) is 0 Å². The lowest BCUT2D eigenvalue weighted by Gasteiger charge is -2.21. The van der Waals surface area contributed by atoms with E-state index in [-0.39, 0.29) is 5.41 Å². The second kappa shape index (κ2) is 6.79. The van der Waals surface area contributed by atoms with E-state index in [1.165, 1.54) is 5.56 Å². The van der Waals surface area contributed by atoms with Gasteiger partial charge in [-0.15, -0.1) is 0 Å². The fourth-order valence-corrected chi connectivity index (χ4v) is 3.00. The van der Waals surface area contributed by atoms with Crippen LogP contribution >= 0.6 is 0 Å². The summed E-state index contributed by atoms with van der Waals surface area (Å²) < 4.78 is 11.1. The summed E-state index contributed by atoms with van der Waals surface area (Å²) in [5, 5.41) is 9.70. The molecule has 1 heterocycles. The summed E-state index contributed by atoms with van der Waals surface area (Å²) in [5.41, 5.74) is 3.06. The molecule has 0 aromatic heterocycles. The Bertz CT molecular complexity index is 756. The lowest BCUT2D eigenvalue weighted by molar-refractivity contribution is -0.138. The van der Waals surface area contributed by atoms with E-state index in [1.54, 1.807) is 12.1 Å². The number of carboxylic acids is 1. The Morgan fingerprint density at radius 3 is 2.28 bits per heavy atom. The molecule has 1 aliphatic rings. The average molecular weight is 340 g/mol. The molecule has 1 aliphatic heterocycles. The molecule has 0 spiro atoms. The van der Waals surface area contributed by atoms with Gasteiger partial charge in [0.1, 0.15) is 13.2 Å². The molecule has 1 unspecified atom stereocenters. The van der Waals surface area contributed by atoms with Crippen molar-refractivity contribution in [2.24, 2.45) is 0 Å². The van der Waals surface area contributed by atoms with Crippen molar-refractivity contribution < 1.29 is 19.4 Å². The molecule has 1 atom stereocenters. The Balaban J connectivity index is 1.83. The smallest absolute Gasteiger partial charge is 0.311 e. The molecule has 0 saturated heterocycles. The number of carbonyl (C=O) groups is 1. The highest BCUT2D eigenvalue weighted by molar-refractivity contribution is 5.77. The number of aliphatic carboxylic acids is 1. The van der Waals surface area contributed by atoms with Gasteiger partial charge in [-0.25, -0.2) is 0 Å². The molecule has 0 radical (unpaired) electrons. The summed E-state index contributed by atoms with van der Waals surface area (Å²) in [4.78, 5) is 11.8. The van der Waals surface area contributed by atoms with E-state index >= 15 is 0 Å². The second-order valence-electron chi connectivity index (χ2n) is 7.44. The van der Waals surface area contributed by atoms with E-state index in [4.69, 9.17) is 9.47 Å². The van der Waals surface area contributed by atoms with Gasteiger partial charge in [0, 0.05) is 0 Å². The fraction of sp³-hybridized carbons (Fsp3) is 0.381. The largest absolute Gasteiger partial charge is 0.486 e. The number of rotatable bonds is 4. The molecule has 4 nitrogen and oxygen atoms in total. The molecule has 25 heavy (non-hydrogen) atoms. The van der Waals surface area contributed by atoms with Crippen LogP contribution < -0.4 is 9.47 Å². The van der Waals surface area contributed by atoms with Gasteiger partial charge in [-0.1, -0.05) is 51.1 Å². The van der Waals surface area contributed by atoms with Crippen LogP contribution in [-0.4, -0.2) is 24.3 Å². The molecule has 0 saturated carbocycles. The van der Waals surface area contributed by atoms with Crippen molar-refractivity contribution in [3.8, 4) is 11.5 Å². The number of ether oxygens (including phenoxy) is 2. The van der Waals surface area contributed by atoms with Crippen molar-refractivity contribution >= 4 is 5.97 Å². The van der Waals surface area contributed by atoms with Crippen molar-refractivity contribution in [1.29, 1.82) is 0 Å². The van der Waals surface area contributed by atoms with Crippen LogP contribution in [0, 0.1) is 0 Å². The van der Waals surface area contributed by atoms with Crippen LogP contribution in [-0.2, 0) is 16.6 Å². The zero-order valence-corrected chi connectivity index (χ0v) is 14.9. The highest BCUT2D eigenvalue weighted by atomic mass is 16.6. The first-order chi connectivity index (χ1) is 11.8. The number of hydrogen-bond acceptors (Lipinski definition) is 3. The fourth-order valence-electron chi connectivity index (χ4n) is 3.00. The van der Waals surface area contributed by atoms with Gasteiger partial charge in [0.25, 0.3) is 0 Å². The molecule has 0 fully saturated rings. The van der Waals surface area contributed by atoms with Crippen LogP contribution in [0.2, 0.25) is 0 Å². The van der Waals surface area contributed by atoms with Gasteiger partial charge in [-0.2, -0.15) is 0 Å². The van der Waals surface area contributed by atoms with Gasteiger partial charge in [-0.3, -0.25) is 4.79 Å². The normalized spacial score (nSPS) is 14.8. The average Bonchev–Trinajstić information content (AvgIpc) is 2.58. The van der Waals surface area contributed by atoms with Crippen LogP contribution in [0.5, 0.6) is 11.5 Å². The summed E-state index contributed by atoms with van der Waals surface area (Å²) in [7, 11) is 0. The minimum Gasteiger partial charge on any atom is -0.486 e. The molecule has 1 N–H and O–H groups in total. The Hall–Kier alpha value is -2.49. The zero-order chi connectivity index (χ0) is 18.0. The van der Waals surface area contributed by atoms with E-state index < -0.39 is 11.9 Å². The highest BCUT2D eigenvalue weighted by Gasteiger charge is 2.23. The topological polar surface area (TPSA) is 55.8 Å². The van der Waals surface area contributed by atoms with Crippen LogP contribution in [0.3, 0.4) is 0 Å². The molecule has 0 aliphatic carbocycles. The van der Waals surface area contributed by atoms with Crippen molar-refractivity contribution in [2.45, 2.75) is 38.5 Å². The van der Waals surface area contributed by atoms with Gasteiger partial charge in [-0.05, 0) is 40.7 Å². The SMILES string of the molecule is CC(C)(C)c1ccc(CC(C(=O)O)c2ccc3c(c2)OCCO3)cc1. The predicted octanol–water partition coefficient (Wildman–Crippen LogP) is 4.17. The molecule has 2 aromatic rings. The lowest BCUT2D eigenvalue weighted by atomic mass is 9.85. The summed E-state index contributed by atoms with van der Waals surface area (Å²) >= 11 is 0. The second-order valence-corrected chi connectivity index (χ2v) is 7.44. The van der Waals surface area contributed by atoms with E-state index in [2.05, 4.69) is 32.9 Å². The first kappa shape index (κ1) is 17.3. The van der Waals surface area contributed by atoms with Crippen molar-refractivity contribution in [1.82, 2.24) is 0 Å². The Morgan fingerprint density at radius 1 is 1.04 bits per heavy atom. The standard InChI is InChI=1S/C21H24O4/c1-21(2,3)16-7-4-14(5-8-16)12-17(20(22)23)15-6-9-18-19(13-15)25-11-10-24-18/h4-9,13,17H,10-12H2,1-3H3,(H,22,23). The van der Waals surface area contributed by atoms with Gasteiger partial charge in [0.15, 0.2) is 11.5 Å². The van der Waals surface area contributed by atoms with Crippen LogP contribution in [0.25, 0.3) is 0 Å². The molecule has 4 heteroatoms. The number of benzene rings is 2. The molecule has 0 bridgehead atoms. The Labute approximate surface area is 148 Å². The zero-order valence-electron chi connectivity index (χ0n) is 14.9. The highest BCUT2D eigenvalue weighted by Crippen LogP contribution is 2.34. The first-order valence-electron chi connectivity index (χ1n) is 8.56. The van der Waals surface area contributed by atoms with Crippen LogP contribution in [0.1, 0.15) is 43.4 Å². The molecule has 2 aromatic carbocycles. The minimum absolute atomic E-state index is 0.0839. The van der Waals surface area contributed by atoms with E-state index in [0.29, 0.717) is 31.1 Å². The summed E-state index contributed by atoms with van der Waals surface area (Å²) in [5.74, 6) is -0.153. The number of hydrogen-bond donors (Lipinski definition) is 1. The molecule has 0 amide bonds. The van der Waals surface area contributed by atoms with Crippen LogP contribution in [0.15, 0.2) is 42.5 Å². The van der Waals surface area contributed by atoms with E-state index in [9.17, 15) is 9.90 Å². The maximum absolute atomic E-state index is 11.8. The third-order valence-electron chi connectivity index (χ3n) is 4.53. The molecular weight excluding hydrogens is 316 g/mol. The number of carboxylic acid groups (broad SMARTS) is 1. The molecule has 132 valence electrons. The molecule has 3 rings (SSSR count). The van der Waals surface area contributed by atoms with Crippen molar-refractivity contribution in [3.63, 3.8) is 0 Å². The van der Waals surface area contributed by atoms with Gasteiger partial charge >= 0.3 is 5.97 Å². The Kier molecular flexibility index (Phi) is 4.71. The third kappa shape index (κ3) is 3.95. The van der Waals surface area contributed by atoms with Crippen molar-refractivity contribution in [2.75, 3.05) is 13.2 Å².